The molecule has 7 heteroatoms. The fraction of sp³-hybridized carbons (Fsp3) is 0.278. The zero-order valence-corrected chi connectivity index (χ0v) is 15.3. The van der Waals surface area contributed by atoms with Gasteiger partial charge in [0.2, 0.25) is 0 Å². The lowest BCUT2D eigenvalue weighted by Crippen LogP contribution is -2.50. The highest BCUT2D eigenvalue weighted by atomic mass is 35.5. The Balaban J connectivity index is 1.62. The van der Waals surface area contributed by atoms with E-state index < -0.39 is 0 Å². The highest BCUT2D eigenvalue weighted by Gasteiger charge is 2.23. The zero-order valence-electron chi connectivity index (χ0n) is 13.8. The lowest BCUT2D eigenvalue weighted by molar-refractivity contribution is 0.208. The summed E-state index contributed by atoms with van der Waals surface area (Å²) in [7, 11) is 1.66. The molecule has 1 fully saturated rings. The Bertz CT molecular complexity index is 762. The van der Waals surface area contributed by atoms with Crippen molar-refractivity contribution in [2.75, 3.05) is 43.5 Å². The molecule has 3 rings (SSSR count). The molecule has 0 bridgehead atoms. The summed E-state index contributed by atoms with van der Waals surface area (Å²) in [6.45, 7) is 2.69. The van der Waals surface area contributed by atoms with Crippen molar-refractivity contribution in [1.82, 2.24) is 4.90 Å². The molecule has 0 unspecified atom stereocenters. The predicted molar refractivity (Wildman–Crippen MR) is 102 cm³/mol. The Morgan fingerprint density at radius 3 is 2.48 bits per heavy atom. The first-order valence-corrected chi connectivity index (χ1v) is 8.73. The molecule has 1 heterocycles. The second-order valence-corrected chi connectivity index (χ2v) is 6.46. The molecule has 0 aromatic heterocycles. The molecule has 2 aromatic carbocycles. The van der Waals surface area contributed by atoms with Gasteiger partial charge in [-0.3, -0.25) is 0 Å². The van der Waals surface area contributed by atoms with Gasteiger partial charge in [0.05, 0.1) is 28.5 Å². The third-order valence-electron chi connectivity index (χ3n) is 4.19. The number of rotatable bonds is 3. The molecule has 25 heavy (non-hydrogen) atoms. The third-order valence-corrected chi connectivity index (χ3v) is 5.00. The summed E-state index contributed by atoms with van der Waals surface area (Å²) in [6, 6.07) is 12.9. The van der Waals surface area contributed by atoms with Crippen molar-refractivity contribution in [3.05, 3.63) is 52.5 Å². The zero-order chi connectivity index (χ0) is 17.8. The van der Waals surface area contributed by atoms with Gasteiger partial charge in [-0.25, -0.2) is 4.79 Å². The Morgan fingerprint density at radius 2 is 1.76 bits per heavy atom. The highest BCUT2D eigenvalue weighted by molar-refractivity contribution is 6.43. The number of nitrogens with zero attached hydrogens (tertiary/aromatic N) is 2. The van der Waals surface area contributed by atoms with Gasteiger partial charge in [-0.2, -0.15) is 0 Å². The number of nitrogens with one attached hydrogen (secondary N) is 1. The van der Waals surface area contributed by atoms with E-state index in [1.807, 2.05) is 24.3 Å². The second kappa shape index (κ2) is 7.85. The number of anilines is 2. The van der Waals surface area contributed by atoms with E-state index in [4.69, 9.17) is 27.9 Å². The summed E-state index contributed by atoms with van der Waals surface area (Å²) in [5.74, 6) is 0.839. The summed E-state index contributed by atoms with van der Waals surface area (Å²) in [6.07, 6.45) is 0. The lowest BCUT2D eigenvalue weighted by Gasteiger charge is -2.36. The van der Waals surface area contributed by atoms with E-state index in [0.717, 1.165) is 24.5 Å². The largest absolute Gasteiger partial charge is 0.495 e. The van der Waals surface area contributed by atoms with E-state index in [1.165, 1.54) is 0 Å². The number of carbonyl (C=O) groups excluding carboxylic acids is 1. The summed E-state index contributed by atoms with van der Waals surface area (Å²) in [4.78, 5) is 16.5. The van der Waals surface area contributed by atoms with Gasteiger partial charge in [-0.15, -0.1) is 0 Å². The molecule has 0 saturated carbocycles. The minimum atomic E-state index is -0.177. The molecular weight excluding hydrogens is 361 g/mol. The molecule has 0 radical (unpaired) electrons. The van der Waals surface area contributed by atoms with Gasteiger partial charge in [0.25, 0.3) is 0 Å². The van der Waals surface area contributed by atoms with E-state index in [-0.39, 0.29) is 6.03 Å². The van der Waals surface area contributed by atoms with Crippen LogP contribution in [0.15, 0.2) is 42.5 Å². The van der Waals surface area contributed by atoms with Crippen molar-refractivity contribution in [2.45, 2.75) is 0 Å². The van der Waals surface area contributed by atoms with Gasteiger partial charge in [-0.1, -0.05) is 41.4 Å². The minimum Gasteiger partial charge on any atom is -0.495 e. The van der Waals surface area contributed by atoms with Crippen LogP contribution in [0.4, 0.5) is 16.2 Å². The molecule has 1 saturated heterocycles. The van der Waals surface area contributed by atoms with E-state index in [0.29, 0.717) is 28.8 Å². The van der Waals surface area contributed by atoms with Gasteiger partial charge in [0.1, 0.15) is 5.75 Å². The van der Waals surface area contributed by atoms with Gasteiger partial charge >= 0.3 is 6.03 Å². The summed E-state index contributed by atoms with van der Waals surface area (Å²) in [5, 5.41) is 3.59. The Labute approximate surface area is 157 Å². The first kappa shape index (κ1) is 17.7. The fourth-order valence-corrected chi connectivity index (χ4v) is 3.18. The molecule has 0 spiro atoms. The van der Waals surface area contributed by atoms with Crippen molar-refractivity contribution >= 4 is 40.6 Å². The monoisotopic (exact) mass is 379 g/mol. The topological polar surface area (TPSA) is 44.8 Å². The molecule has 0 atom stereocenters. The second-order valence-electron chi connectivity index (χ2n) is 5.68. The average Bonchev–Trinajstić information content (AvgIpc) is 2.65. The molecule has 5 nitrogen and oxygen atoms in total. The quantitative estimate of drug-likeness (QED) is 0.861. The summed E-state index contributed by atoms with van der Waals surface area (Å²) in [5.41, 5.74) is 1.56. The molecule has 2 aromatic rings. The Morgan fingerprint density at radius 1 is 1.04 bits per heavy atom. The van der Waals surface area contributed by atoms with E-state index >= 15 is 0 Å². The SMILES string of the molecule is COc1ccccc1N1CCN(C(=O)Nc2cccc(Cl)c2Cl)CC1. The fourth-order valence-electron chi connectivity index (χ4n) is 2.84. The first-order chi connectivity index (χ1) is 12.1. The van der Waals surface area contributed by atoms with Crippen molar-refractivity contribution in [3.63, 3.8) is 0 Å². The number of piperazine rings is 1. The Hall–Kier alpha value is -2.11. The lowest BCUT2D eigenvalue weighted by atomic mass is 10.2. The Kier molecular flexibility index (Phi) is 5.56. The maximum atomic E-state index is 12.5. The van der Waals surface area contributed by atoms with Crippen LogP contribution in [-0.4, -0.2) is 44.2 Å². The van der Waals surface area contributed by atoms with Crippen LogP contribution in [-0.2, 0) is 0 Å². The van der Waals surface area contributed by atoms with Gasteiger partial charge in [0.15, 0.2) is 0 Å². The van der Waals surface area contributed by atoms with E-state index in [9.17, 15) is 4.79 Å². The number of ether oxygens (including phenoxy) is 1. The number of carbonyl (C=O) groups is 1. The molecule has 1 aliphatic rings. The number of amides is 2. The maximum absolute atomic E-state index is 12.5. The van der Waals surface area contributed by atoms with Crippen molar-refractivity contribution in [2.24, 2.45) is 0 Å². The van der Waals surface area contributed by atoms with Crippen LogP contribution >= 0.6 is 23.2 Å². The molecular formula is C18H19Cl2N3O2. The maximum Gasteiger partial charge on any atom is 0.322 e. The van der Waals surface area contributed by atoms with Crippen molar-refractivity contribution in [3.8, 4) is 5.75 Å². The van der Waals surface area contributed by atoms with Crippen LogP contribution in [0.2, 0.25) is 10.0 Å². The number of benzene rings is 2. The van der Waals surface area contributed by atoms with Gasteiger partial charge in [-0.05, 0) is 24.3 Å². The standard InChI is InChI=1S/C18H19Cl2N3O2/c1-25-16-8-3-2-7-15(16)22-9-11-23(12-10-22)18(24)21-14-6-4-5-13(19)17(14)20/h2-8H,9-12H2,1H3,(H,21,24). The molecule has 1 aliphatic heterocycles. The van der Waals surface area contributed by atoms with Crippen LogP contribution in [0.25, 0.3) is 0 Å². The number of hydrogen-bond acceptors (Lipinski definition) is 3. The molecule has 2 amide bonds. The van der Waals surface area contributed by atoms with Crippen molar-refractivity contribution < 1.29 is 9.53 Å². The number of para-hydroxylation sites is 2. The van der Waals surface area contributed by atoms with Crippen molar-refractivity contribution in [1.29, 1.82) is 0 Å². The average molecular weight is 380 g/mol. The minimum absolute atomic E-state index is 0.177. The molecule has 0 aliphatic carbocycles. The van der Waals surface area contributed by atoms with Crippen LogP contribution in [0.5, 0.6) is 5.75 Å². The van der Waals surface area contributed by atoms with Gasteiger partial charge < -0.3 is 19.9 Å². The van der Waals surface area contributed by atoms with Crippen LogP contribution in [0.3, 0.4) is 0 Å². The smallest absolute Gasteiger partial charge is 0.322 e. The van der Waals surface area contributed by atoms with Crippen LogP contribution in [0, 0.1) is 0 Å². The van der Waals surface area contributed by atoms with Crippen LogP contribution in [0.1, 0.15) is 0 Å². The first-order valence-electron chi connectivity index (χ1n) is 7.98. The number of methoxy groups -OCH3 is 1. The normalized spacial score (nSPS) is 14.4. The summed E-state index contributed by atoms with van der Waals surface area (Å²) < 4.78 is 5.41. The van der Waals surface area contributed by atoms with E-state index in [2.05, 4.69) is 10.2 Å². The number of halogens is 2. The molecule has 132 valence electrons. The van der Waals surface area contributed by atoms with E-state index in [1.54, 1.807) is 30.2 Å². The molecule has 1 N–H and O–H groups in total. The number of urea groups is 1. The summed E-state index contributed by atoms with van der Waals surface area (Å²) >= 11 is 12.1. The van der Waals surface area contributed by atoms with Gasteiger partial charge in [0, 0.05) is 26.2 Å². The number of hydrogen-bond donors (Lipinski definition) is 1. The predicted octanol–water partition coefficient (Wildman–Crippen LogP) is 4.36. The third kappa shape index (κ3) is 3.94. The van der Waals surface area contributed by atoms with Crippen LogP contribution < -0.4 is 15.0 Å². The highest BCUT2D eigenvalue weighted by Crippen LogP contribution is 2.30.